The number of esters is 2. The maximum atomic E-state index is 12.6. The molecule has 0 aliphatic heterocycles. The quantitative estimate of drug-likeness (QED) is 0.231. The van der Waals surface area contributed by atoms with Crippen LogP contribution >= 0.6 is 34.5 Å². The second-order valence-electron chi connectivity index (χ2n) is 6.63. The van der Waals surface area contributed by atoms with Crippen LogP contribution in [0, 0.1) is 10.1 Å². The van der Waals surface area contributed by atoms with Crippen molar-refractivity contribution in [3.63, 3.8) is 0 Å². The van der Waals surface area contributed by atoms with Gasteiger partial charge >= 0.3 is 11.9 Å². The number of nitro benzene ring substituents is 1. The first-order valence-corrected chi connectivity index (χ1v) is 11.3. The Labute approximate surface area is 207 Å². The van der Waals surface area contributed by atoms with E-state index in [1.54, 1.807) is 36.6 Å². The first kappa shape index (κ1) is 25.2. The number of carbonyl (C=O) groups excluding carboxylic acids is 3. The highest BCUT2D eigenvalue weighted by atomic mass is 35.5. The summed E-state index contributed by atoms with van der Waals surface area (Å²) in [5.41, 5.74) is 0.981. The van der Waals surface area contributed by atoms with Gasteiger partial charge in [0, 0.05) is 28.1 Å². The fourth-order valence-electron chi connectivity index (χ4n) is 2.85. The fraction of sp³-hybridized carbons (Fsp3) is 0.136. The van der Waals surface area contributed by atoms with E-state index in [9.17, 15) is 24.5 Å². The van der Waals surface area contributed by atoms with Gasteiger partial charge < -0.3 is 14.8 Å². The number of hydrogen-bond acceptors (Lipinski definition) is 8. The Balaban J connectivity index is 1.74. The van der Waals surface area contributed by atoms with Gasteiger partial charge in [-0.15, -0.1) is 11.3 Å². The van der Waals surface area contributed by atoms with Crippen molar-refractivity contribution in [2.24, 2.45) is 0 Å². The minimum atomic E-state index is -0.936. The zero-order valence-electron chi connectivity index (χ0n) is 17.5. The van der Waals surface area contributed by atoms with Crippen LogP contribution in [-0.2, 0) is 14.3 Å². The van der Waals surface area contributed by atoms with E-state index < -0.39 is 29.4 Å². The predicted octanol–water partition coefficient (Wildman–Crippen LogP) is 5.60. The van der Waals surface area contributed by atoms with Crippen molar-refractivity contribution < 1.29 is 28.8 Å². The van der Waals surface area contributed by atoms with Gasteiger partial charge in [-0.25, -0.2) is 9.59 Å². The first-order chi connectivity index (χ1) is 16.2. The molecule has 2 aromatic carbocycles. The first-order valence-electron chi connectivity index (χ1n) is 9.66. The Bertz CT molecular complexity index is 1260. The average molecular weight is 523 g/mol. The molecule has 176 valence electrons. The molecule has 0 fully saturated rings. The van der Waals surface area contributed by atoms with Crippen LogP contribution in [0.25, 0.3) is 11.1 Å². The van der Waals surface area contributed by atoms with Crippen LogP contribution in [0.1, 0.15) is 27.6 Å². The summed E-state index contributed by atoms with van der Waals surface area (Å²) < 4.78 is 10.1. The zero-order chi connectivity index (χ0) is 24.8. The van der Waals surface area contributed by atoms with E-state index in [1.807, 2.05) is 0 Å². The van der Waals surface area contributed by atoms with Gasteiger partial charge in [0.1, 0.15) is 10.6 Å². The highest BCUT2D eigenvalue weighted by Gasteiger charge is 2.24. The normalized spacial score (nSPS) is 10.4. The number of carbonyl (C=O) groups is 3. The summed E-state index contributed by atoms with van der Waals surface area (Å²) in [5.74, 6) is -2.27. The smallest absolute Gasteiger partial charge is 0.341 e. The summed E-state index contributed by atoms with van der Waals surface area (Å²) in [4.78, 5) is 47.4. The van der Waals surface area contributed by atoms with Crippen molar-refractivity contribution in [1.82, 2.24) is 0 Å². The molecular formula is C22H16Cl2N2O7S. The topological polar surface area (TPSA) is 125 Å². The number of hydrogen-bond donors (Lipinski definition) is 1. The lowest BCUT2D eigenvalue weighted by atomic mass is 10.0. The van der Waals surface area contributed by atoms with E-state index in [0.717, 1.165) is 29.5 Å². The monoisotopic (exact) mass is 522 g/mol. The van der Waals surface area contributed by atoms with Crippen molar-refractivity contribution in [2.45, 2.75) is 6.92 Å². The largest absolute Gasteiger partial charge is 0.462 e. The third kappa shape index (κ3) is 5.90. The van der Waals surface area contributed by atoms with Gasteiger partial charge in [0.05, 0.1) is 22.1 Å². The molecule has 3 aromatic rings. The maximum absolute atomic E-state index is 12.6. The van der Waals surface area contributed by atoms with Gasteiger partial charge in [-0.3, -0.25) is 14.9 Å². The van der Waals surface area contributed by atoms with Gasteiger partial charge in [0.15, 0.2) is 6.61 Å². The van der Waals surface area contributed by atoms with Gasteiger partial charge in [-0.05, 0) is 30.7 Å². The van der Waals surface area contributed by atoms with Gasteiger partial charge in [0.2, 0.25) is 0 Å². The van der Waals surface area contributed by atoms with E-state index in [4.69, 9.17) is 32.7 Å². The number of nitro groups is 1. The lowest BCUT2D eigenvalue weighted by molar-refractivity contribution is -0.384. The summed E-state index contributed by atoms with van der Waals surface area (Å²) >= 11 is 12.9. The lowest BCUT2D eigenvalue weighted by Gasteiger charge is -2.10. The molecular weight excluding hydrogens is 507 g/mol. The molecule has 0 aliphatic rings. The lowest BCUT2D eigenvalue weighted by Crippen LogP contribution is -2.22. The standard InChI is InChI=1S/C22H16Cl2N2O7S/c1-2-32-22(29)19-16(12-3-5-13(23)6-4-12)11-34-20(19)25-18(27)10-33-21(28)15-8-7-14(26(30)31)9-17(15)24/h3-9,11H,2,10H2,1H3,(H,25,27). The van der Waals surface area contributed by atoms with Crippen LogP contribution in [0.2, 0.25) is 10.0 Å². The average Bonchev–Trinajstić information content (AvgIpc) is 3.21. The van der Waals surface area contributed by atoms with Crippen molar-refractivity contribution in [1.29, 1.82) is 0 Å². The van der Waals surface area contributed by atoms with Crippen LogP contribution in [0.5, 0.6) is 0 Å². The highest BCUT2D eigenvalue weighted by molar-refractivity contribution is 7.15. The number of non-ortho nitro benzene ring substituents is 1. The Morgan fingerprint density at radius 2 is 1.76 bits per heavy atom. The van der Waals surface area contributed by atoms with Gasteiger partial charge in [0.25, 0.3) is 11.6 Å². The third-order valence-corrected chi connectivity index (χ3v) is 5.86. The van der Waals surface area contributed by atoms with Crippen LogP contribution in [0.15, 0.2) is 47.8 Å². The highest BCUT2D eigenvalue weighted by Crippen LogP contribution is 2.36. The van der Waals surface area contributed by atoms with Gasteiger partial charge in [-0.1, -0.05) is 35.3 Å². The van der Waals surface area contributed by atoms with Crippen LogP contribution in [0.3, 0.4) is 0 Å². The number of rotatable bonds is 8. The third-order valence-electron chi connectivity index (χ3n) is 4.40. The number of thiophene rings is 1. The number of ether oxygens (including phenoxy) is 2. The summed E-state index contributed by atoms with van der Waals surface area (Å²) in [6.07, 6.45) is 0. The number of halogens is 2. The van der Waals surface area contributed by atoms with Crippen molar-refractivity contribution >= 4 is 63.1 Å². The Hall–Kier alpha value is -3.47. The maximum Gasteiger partial charge on any atom is 0.341 e. The van der Waals surface area contributed by atoms with Crippen molar-refractivity contribution in [3.8, 4) is 11.1 Å². The summed E-state index contributed by atoms with van der Waals surface area (Å²) in [5, 5.41) is 15.6. The molecule has 3 rings (SSSR count). The molecule has 9 nitrogen and oxygen atoms in total. The Morgan fingerprint density at radius 1 is 1.06 bits per heavy atom. The zero-order valence-corrected chi connectivity index (χ0v) is 19.8. The minimum Gasteiger partial charge on any atom is -0.462 e. The molecule has 0 radical (unpaired) electrons. The minimum absolute atomic E-state index is 0.131. The molecule has 0 saturated heterocycles. The van der Waals surface area contributed by atoms with E-state index in [0.29, 0.717) is 16.1 Å². The second kappa shape index (κ2) is 11.1. The number of amides is 1. The number of nitrogens with one attached hydrogen (secondary N) is 1. The van der Waals surface area contributed by atoms with Crippen LogP contribution < -0.4 is 5.32 Å². The summed E-state index contributed by atoms with van der Waals surface area (Å²) in [7, 11) is 0. The molecule has 34 heavy (non-hydrogen) atoms. The molecule has 0 spiro atoms. The van der Waals surface area contributed by atoms with E-state index in [-0.39, 0.29) is 33.4 Å². The molecule has 0 bridgehead atoms. The molecule has 1 amide bonds. The SMILES string of the molecule is CCOC(=O)c1c(-c2ccc(Cl)cc2)csc1NC(=O)COC(=O)c1ccc([N+](=O)[O-])cc1Cl. The second-order valence-corrected chi connectivity index (χ2v) is 8.35. The number of benzene rings is 2. The van der Waals surface area contributed by atoms with E-state index in [2.05, 4.69) is 5.32 Å². The molecule has 0 atom stereocenters. The molecule has 1 N–H and O–H groups in total. The molecule has 1 heterocycles. The van der Waals surface area contributed by atoms with E-state index in [1.165, 1.54) is 0 Å². The summed E-state index contributed by atoms with van der Waals surface area (Å²) in [6.45, 7) is 1.12. The van der Waals surface area contributed by atoms with Crippen LogP contribution in [0.4, 0.5) is 10.7 Å². The van der Waals surface area contributed by atoms with E-state index >= 15 is 0 Å². The number of nitrogens with zero attached hydrogens (tertiary/aromatic N) is 1. The van der Waals surface area contributed by atoms with Crippen LogP contribution in [-0.4, -0.2) is 36.0 Å². The predicted molar refractivity (Wildman–Crippen MR) is 128 cm³/mol. The Morgan fingerprint density at radius 3 is 2.38 bits per heavy atom. The Kier molecular flexibility index (Phi) is 8.21. The molecule has 1 aromatic heterocycles. The molecule has 0 unspecified atom stereocenters. The molecule has 0 aliphatic carbocycles. The number of anilines is 1. The fourth-order valence-corrected chi connectivity index (χ4v) is 4.20. The molecule has 12 heteroatoms. The van der Waals surface area contributed by atoms with Crippen molar-refractivity contribution in [3.05, 3.63) is 79.1 Å². The van der Waals surface area contributed by atoms with Gasteiger partial charge in [-0.2, -0.15) is 0 Å². The summed E-state index contributed by atoms with van der Waals surface area (Å²) in [6, 6.07) is 10.0. The molecule has 0 saturated carbocycles. The van der Waals surface area contributed by atoms with Crippen molar-refractivity contribution in [2.75, 3.05) is 18.5 Å².